The first-order chi connectivity index (χ1) is 7.58. The first kappa shape index (κ1) is 12.5. The summed E-state index contributed by atoms with van der Waals surface area (Å²) in [6, 6.07) is 0. The van der Waals surface area contributed by atoms with Crippen molar-refractivity contribution in [3.8, 4) is 0 Å². The van der Waals surface area contributed by atoms with Crippen molar-refractivity contribution in [2.24, 2.45) is 0 Å². The zero-order valence-electron chi connectivity index (χ0n) is 9.51. The van der Waals surface area contributed by atoms with Crippen LogP contribution in [-0.2, 0) is 19.1 Å². The van der Waals surface area contributed by atoms with Crippen LogP contribution < -0.4 is 0 Å². The van der Waals surface area contributed by atoms with E-state index in [0.717, 1.165) is 6.42 Å². The Morgan fingerprint density at radius 1 is 1.00 bits per heavy atom. The molecule has 0 fully saturated rings. The SMILES string of the molecule is CC(=O)OC1C=CCC=CC(OC(C)=O)C1. The molecule has 1 rings (SSSR count). The average molecular weight is 224 g/mol. The quantitative estimate of drug-likeness (QED) is 0.529. The molecule has 0 radical (unpaired) electrons. The topological polar surface area (TPSA) is 52.6 Å². The zero-order valence-corrected chi connectivity index (χ0v) is 9.51. The first-order valence-electron chi connectivity index (χ1n) is 5.25. The molecule has 0 heterocycles. The standard InChI is InChI=1S/C12H16O4/c1-9(13)15-11-6-4-3-5-7-12(8-11)16-10(2)14/h4-7,11-12H,3,8H2,1-2H3. The molecule has 0 aromatic rings. The fourth-order valence-electron chi connectivity index (χ4n) is 1.53. The molecule has 0 spiro atoms. The lowest BCUT2D eigenvalue weighted by Crippen LogP contribution is -2.24. The lowest BCUT2D eigenvalue weighted by molar-refractivity contribution is -0.148. The van der Waals surface area contributed by atoms with Gasteiger partial charge in [-0.05, 0) is 18.6 Å². The molecule has 2 unspecified atom stereocenters. The number of carbonyl (C=O) groups is 2. The Morgan fingerprint density at radius 3 is 1.81 bits per heavy atom. The number of rotatable bonds is 2. The summed E-state index contributed by atoms with van der Waals surface area (Å²) in [6.45, 7) is 2.73. The van der Waals surface area contributed by atoms with E-state index in [9.17, 15) is 9.59 Å². The van der Waals surface area contributed by atoms with Gasteiger partial charge < -0.3 is 9.47 Å². The van der Waals surface area contributed by atoms with Crippen molar-refractivity contribution < 1.29 is 19.1 Å². The third-order valence-corrected chi connectivity index (χ3v) is 2.07. The second kappa shape index (κ2) is 6.10. The van der Waals surface area contributed by atoms with Crippen LogP contribution >= 0.6 is 0 Å². The predicted octanol–water partition coefficient (Wildman–Crippen LogP) is 1.76. The van der Waals surface area contributed by atoms with Crippen LogP contribution in [0.5, 0.6) is 0 Å². The molecule has 0 bridgehead atoms. The van der Waals surface area contributed by atoms with Gasteiger partial charge in [-0.3, -0.25) is 9.59 Å². The van der Waals surface area contributed by atoms with E-state index in [1.54, 1.807) is 0 Å². The molecule has 2 atom stereocenters. The second-order valence-electron chi connectivity index (χ2n) is 3.62. The van der Waals surface area contributed by atoms with Crippen LogP contribution in [-0.4, -0.2) is 24.1 Å². The summed E-state index contributed by atoms with van der Waals surface area (Å²) in [5, 5.41) is 0. The Kier molecular flexibility index (Phi) is 4.76. The molecule has 0 aromatic carbocycles. The number of ether oxygens (including phenoxy) is 2. The van der Waals surface area contributed by atoms with Gasteiger partial charge in [0.2, 0.25) is 0 Å². The maximum atomic E-state index is 10.9. The monoisotopic (exact) mass is 224 g/mol. The molecule has 0 aromatic heterocycles. The third kappa shape index (κ3) is 4.77. The fourth-order valence-corrected chi connectivity index (χ4v) is 1.53. The molecule has 1 aliphatic carbocycles. The smallest absolute Gasteiger partial charge is 0.303 e. The molecule has 0 aliphatic heterocycles. The Morgan fingerprint density at radius 2 is 1.44 bits per heavy atom. The number of esters is 2. The van der Waals surface area contributed by atoms with Crippen LogP contribution in [0.3, 0.4) is 0 Å². The van der Waals surface area contributed by atoms with Crippen LogP contribution in [0.2, 0.25) is 0 Å². The van der Waals surface area contributed by atoms with Gasteiger partial charge in [-0.25, -0.2) is 0 Å². The van der Waals surface area contributed by atoms with Crippen molar-refractivity contribution in [1.82, 2.24) is 0 Å². The molecule has 4 heteroatoms. The molecule has 0 saturated carbocycles. The van der Waals surface area contributed by atoms with Gasteiger partial charge >= 0.3 is 11.9 Å². The van der Waals surface area contributed by atoms with Gasteiger partial charge in [0.15, 0.2) is 0 Å². The lowest BCUT2D eigenvalue weighted by atomic mass is 10.1. The Balaban J connectivity index is 2.61. The van der Waals surface area contributed by atoms with Crippen molar-refractivity contribution in [1.29, 1.82) is 0 Å². The van der Waals surface area contributed by atoms with Gasteiger partial charge in [-0.2, -0.15) is 0 Å². The zero-order chi connectivity index (χ0) is 12.0. The van der Waals surface area contributed by atoms with Crippen molar-refractivity contribution in [3.05, 3.63) is 24.3 Å². The maximum Gasteiger partial charge on any atom is 0.303 e. The first-order valence-corrected chi connectivity index (χ1v) is 5.25. The molecule has 0 saturated heterocycles. The molecule has 88 valence electrons. The summed E-state index contributed by atoms with van der Waals surface area (Å²) in [5.41, 5.74) is 0. The molecule has 4 nitrogen and oxygen atoms in total. The second-order valence-corrected chi connectivity index (χ2v) is 3.62. The van der Waals surface area contributed by atoms with E-state index >= 15 is 0 Å². The Labute approximate surface area is 94.9 Å². The summed E-state index contributed by atoms with van der Waals surface area (Å²) in [4.78, 5) is 21.7. The number of hydrogen-bond acceptors (Lipinski definition) is 4. The Bertz CT molecular complexity index is 287. The number of hydrogen-bond donors (Lipinski definition) is 0. The predicted molar refractivity (Wildman–Crippen MR) is 58.6 cm³/mol. The van der Waals surface area contributed by atoms with E-state index in [-0.39, 0.29) is 24.1 Å². The minimum Gasteiger partial charge on any atom is -0.458 e. The van der Waals surface area contributed by atoms with E-state index in [4.69, 9.17) is 9.47 Å². The van der Waals surface area contributed by atoms with Gasteiger partial charge in [-0.1, -0.05) is 12.2 Å². The minimum absolute atomic E-state index is 0.327. The lowest BCUT2D eigenvalue weighted by Gasteiger charge is -2.20. The van der Waals surface area contributed by atoms with E-state index < -0.39 is 0 Å². The van der Waals surface area contributed by atoms with Crippen LogP contribution in [0.1, 0.15) is 26.7 Å². The van der Waals surface area contributed by atoms with Crippen molar-refractivity contribution >= 4 is 11.9 Å². The summed E-state index contributed by atoms with van der Waals surface area (Å²) in [7, 11) is 0. The normalized spacial score (nSPS) is 24.4. The van der Waals surface area contributed by atoms with Crippen LogP contribution in [0, 0.1) is 0 Å². The van der Waals surface area contributed by atoms with Gasteiger partial charge in [0, 0.05) is 20.3 Å². The molecule has 1 aliphatic rings. The van der Waals surface area contributed by atoms with Crippen LogP contribution in [0.15, 0.2) is 24.3 Å². The van der Waals surface area contributed by atoms with E-state index in [1.807, 2.05) is 24.3 Å². The minimum atomic E-state index is -0.333. The third-order valence-electron chi connectivity index (χ3n) is 2.07. The van der Waals surface area contributed by atoms with Crippen molar-refractivity contribution in [3.63, 3.8) is 0 Å². The summed E-state index contributed by atoms with van der Waals surface area (Å²) < 4.78 is 10.2. The van der Waals surface area contributed by atoms with Gasteiger partial charge in [0.05, 0.1) is 0 Å². The van der Waals surface area contributed by atoms with Crippen molar-refractivity contribution in [2.45, 2.75) is 38.9 Å². The number of carbonyl (C=O) groups excluding carboxylic acids is 2. The maximum absolute atomic E-state index is 10.9. The van der Waals surface area contributed by atoms with Crippen LogP contribution in [0.4, 0.5) is 0 Å². The molecule has 0 amide bonds. The fraction of sp³-hybridized carbons (Fsp3) is 0.500. The molecule has 0 N–H and O–H groups in total. The summed E-state index contributed by atoms with van der Waals surface area (Å²) in [5.74, 6) is -0.665. The molecule has 16 heavy (non-hydrogen) atoms. The summed E-state index contributed by atoms with van der Waals surface area (Å²) in [6.07, 6.45) is 8.05. The Hall–Kier alpha value is -1.58. The van der Waals surface area contributed by atoms with Crippen LogP contribution in [0.25, 0.3) is 0 Å². The van der Waals surface area contributed by atoms with E-state index in [2.05, 4.69) is 0 Å². The largest absolute Gasteiger partial charge is 0.458 e. The van der Waals surface area contributed by atoms with Crippen molar-refractivity contribution in [2.75, 3.05) is 0 Å². The van der Waals surface area contributed by atoms with E-state index in [1.165, 1.54) is 13.8 Å². The molecular weight excluding hydrogens is 208 g/mol. The highest BCUT2D eigenvalue weighted by Gasteiger charge is 2.17. The van der Waals surface area contributed by atoms with E-state index in [0.29, 0.717) is 6.42 Å². The number of allylic oxidation sites excluding steroid dienone is 2. The average Bonchev–Trinajstić information content (AvgIpc) is 2.10. The van der Waals surface area contributed by atoms with Gasteiger partial charge in [0.25, 0.3) is 0 Å². The highest BCUT2D eigenvalue weighted by atomic mass is 16.6. The summed E-state index contributed by atoms with van der Waals surface area (Å²) >= 11 is 0. The highest BCUT2D eigenvalue weighted by molar-refractivity contribution is 5.67. The van der Waals surface area contributed by atoms with Gasteiger partial charge in [0.1, 0.15) is 12.2 Å². The molecular formula is C12H16O4. The van der Waals surface area contributed by atoms with Gasteiger partial charge in [-0.15, -0.1) is 0 Å². The highest BCUT2D eigenvalue weighted by Crippen LogP contribution is 2.13.